The molecule has 2 aromatic heterocycles. The fourth-order valence-corrected chi connectivity index (χ4v) is 10.5. The van der Waals surface area contributed by atoms with Gasteiger partial charge in [0.25, 0.3) is 0 Å². The summed E-state index contributed by atoms with van der Waals surface area (Å²) in [5, 5.41) is 9.85. The van der Waals surface area contributed by atoms with E-state index in [4.69, 9.17) is 0 Å². The zero-order chi connectivity index (χ0) is 42.8. The molecule has 65 heavy (non-hydrogen) atoms. The molecule has 0 aliphatic rings. The van der Waals surface area contributed by atoms with E-state index in [1.807, 2.05) is 0 Å². The highest BCUT2D eigenvalue weighted by Gasteiger charge is 2.24. The molecule has 3 nitrogen and oxygen atoms in total. The van der Waals surface area contributed by atoms with Gasteiger partial charge in [0.1, 0.15) is 0 Å². The summed E-state index contributed by atoms with van der Waals surface area (Å²) in [5.74, 6) is 0. The minimum Gasteiger partial charge on any atom is -0.309 e. The predicted molar refractivity (Wildman–Crippen MR) is 276 cm³/mol. The van der Waals surface area contributed by atoms with E-state index in [2.05, 4.69) is 263 Å². The highest BCUT2D eigenvalue weighted by molar-refractivity contribution is 6.22. The molecule has 11 aromatic carbocycles. The average molecular weight is 828 g/mol. The Morgan fingerprint density at radius 2 is 0.831 bits per heavy atom. The summed E-state index contributed by atoms with van der Waals surface area (Å²) < 4.78 is 4.86. The molecule has 3 heteroatoms. The van der Waals surface area contributed by atoms with Crippen LogP contribution >= 0.6 is 0 Å². The van der Waals surface area contributed by atoms with E-state index >= 15 is 0 Å². The number of benzene rings is 11. The Hall–Kier alpha value is -8.66. The molecule has 0 fully saturated rings. The van der Waals surface area contributed by atoms with E-state index < -0.39 is 0 Å². The molecule has 0 radical (unpaired) electrons. The maximum atomic E-state index is 2.47. The Kier molecular flexibility index (Phi) is 8.53. The number of rotatable bonds is 7. The first kappa shape index (κ1) is 36.9. The zero-order valence-corrected chi connectivity index (χ0v) is 35.5. The molecular formula is C62H41N3. The third-order valence-corrected chi connectivity index (χ3v) is 13.3. The standard InChI is InChI=1S/C62H41N3/c1-4-17-42(18-5-1)50-28-14-20-45-21-15-29-51(60(45)50)44-33-36-48(37-34-44)63(59-32-16-30-54-53-27-12-13-31-56(53)65(62(54)59)47-24-8-3-9-25-47)49-38-40-57-55(41-49)61-52-26-11-10-19-43(52)35-39-58(61)64(57)46-22-6-2-7-23-46/h1-41H. The predicted octanol–water partition coefficient (Wildman–Crippen LogP) is 17.0. The van der Waals surface area contributed by atoms with Crippen LogP contribution in [0.5, 0.6) is 0 Å². The molecule has 2 heterocycles. The number of fused-ring (bicyclic) bond motifs is 9. The smallest absolute Gasteiger partial charge is 0.0782 e. The molecule has 13 rings (SSSR count). The van der Waals surface area contributed by atoms with Crippen molar-refractivity contribution < 1.29 is 0 Å². The SMILES string of the molecule is c1ccc(-c2cccc3cccc(-c4ccc(N(c5ccc6c(c5)c5c7ccccc7ccc5n6-c5ccccc5)c5cccc6c7ccccc7n(-c7ccccc7)c56)cc4)c23)cc1. The molecule has 0 unspecified atom stereocenters. The van der Waals surface area contributed by atoms with Crippen molar-refractivity contribution in [1.29, 1.82) is 0 Å². The molecule has 13 aromatic rings. The van der Waals surface area contributed by atoms with Crippen LogP contribution < -0.4 is 4.90 Å². The lowest BCUT2D eigenvalue weighted by Crippen LogP contribution is -2.11. The van der Waals surface area contributed by atoms with Crippen molar-refractivity contribution in [3.8, 4) is 33.6 Å². The minimum absolute atomic E-state index is 1.07. The van der Waals surface area contributed by atoms with E-state index in [9.17, 15) is 0 Å². The van der Waals surface area contributed by atoms with Crippen LogP contribution in [-0.4, -0.2) is 9.13 Å². The van der Waals surface area contributed by atoms with Crippen molar-refractivity contribution in [3.05, 3.63) is 249 Å². The molecule has 0 amide bonds. The first-order valence-corrected chi connectivity index (χ1v) is 22.4. The van der Waals surface area contributed by atoms with Gasteiger partial charge in [0.15, 0.2) is 0 Å². The maximum Gasteiger partial charge on any atom is 0.0782 e. The third kappa shape index (κ3) is 5.90. The lowest BCUT2D eigenvalue weighted by molar-refractivity contribution is 1.16. The number of nitrogens with zero attached hydrogens (tertiary/aromatic N) is 3. The summed E-state index contributed by atoms with van der Waals surface area (Å²) in [4.78, 5) is 2.47. The molecule has 0 aliphatic carbocycles. The monoisotopic (exact) mass is 827 g/mol. The molecule has 0 atom stereocenters. The second-order valence-electron chi connectivity index (χ2n) is 16.9. The molecule has 0 bridgehead atoms. The second kappa shape index (κ2) is 15.0. The average Bonchev–Trinajstić information content (AvgIpc) is 3.91. The fourth-order valence-electron chi connectivity index (χ4n) is 10.5. The largest absolute Gasteiger partial charge is 0.309 e. The lowest BCUT2D eigenvalue weighted by Gasteiger charge is -2.27. The van der Waals surface area contributed by atoms with Gasteiger partial charge in [0.2, 0.25) is 0 Å². The van der Waals surface area contributed by atoms with Gasteiger partial charge < -0.3 is 14.0 Å². The van der Waals surface area contributed by atoms with Crippen molar-refractivity contribution in [3.63, 3.8) is 0 Å². The van der Waals surface area contributed by atoms with Gasteiger partial charge in [-0.25, -0.2) is 0 Å². The lowest BCUT2D eigenvalue weighted by atomic mass is 9.91. The van der Waals surface area contributed by atoms with Crippen molar-refractivity contribution >= 4 is 82.2 Å². The van der Waals surface area contributed by atoms with Gasteiger partial charge in [0, 0.05) is 44.3 Å². The second-order valence-corrected chi connectivity index (χ2v) is 16.9. The molecular weight excluding hydrogens is 787 g/mol. The topological polar surface area (TPSA) is 13.1 Å². The molecule has 0 spiro atoms. The Balaban J connectivity index is 1.08. The first-order valence-electron chi connectivity index (χ1n) is 22.4. The van der Waals surface area contributed by atoms with Gasteiger partial charge >= 0.3 is 0 Å². The third-order valence-electron chi connectivity index (χ3n) is 13.3. The van der Waals surface area contributed by atoms with Crippen LogP contribution in [0, 0.1) is 0 Å². The molecule has 0 N–H and O–H groups in total. The van der Waals surface area contributed by atoms with Crippen LogP contribution in [0.2, 0.25) is 0 Å². The van der Waals surface area contributed by atoms with Gasteiger partial charge in [-0.1, -0.05) is 176 Å². The number of para-hydroxylation sites is 4. The van der Waals surface area contributed by atoms with Crippen LogP contribution in [-0.2, 0) is 0 Å². The molecule has 0 saturated carbocycles. The van der Waals surface area contributed by atoms with Gasteiger partial charge in [-0.05, 0) is 117 Å². The van der Waals surface area contributed by atoms with Crippen LogP contribution in [0.1, 0.15) is 0 Å². The summed E-state index contributed by atoms with van der Waals surface area (Å²) in [6.45, 7) is 0. The van der Waals surface area contributed by atoms with Crippen molar-refractivity contribution in [2.45, 2.75) is 0 Å². The number of hydrogen-bond donors (Lipinski definition) is 0. The van der Waals surface area contributed by atoms with Crippen LogP contribution in [0.15, 0.2) is 249 Å². The number of hydrogen-bond acceptors (Lipinski definition) is 1. The van der Waals surface area contributed by atoms with Crippen molar-refractivity contribution in [2.75, 3.05) is 4.90 Å². The Morgan fingerprint density at radius 3 is 1.57 bits per heavy atom. The zero-order valence-electron chi connectivity index (χ0n) is 35.5. The van der Waals surface area contributed by atoms with E-state index in [0.29, 0.717) is 0 Å². The molecule has 0 aliphatic heterocycles. The summed E-state index contributed by atoms with van der Waals surface area (Å²) in [5.41, 5.74) is 15.1. The first-order chi connectivity index (χ1) is 32.3. The quantitative estimate of drug-likeness (QED) is 0.156. The summed E-state index contributed by atoms with van der Waals surface area (Å²) in [7, 11) is 0. The Morgan fingerprint density at radius 1 is 0.292 bits per heavy atom. The number of aromatic nitrogens is 2. The van der Waals surface area contributed by atoms with Crippen molar-refractivity contribution in [1.82, 2.24) is 9.13 Å². The fraction of sp³-hybridized carbons (Fsp3) is 0. The Labute approximate surface area is 376 Å². The van der Waals surface area contributed by atoms with Gasteiger partial charge in [0.05, 0.1) is 27.8 Å². The highest BCUT2D eigenvalue weighted by Crippen LogP contribution is 2.47. The summed E-state index contributed by atoms with van der Waals surface area (Å²) in [6, 6.07) is 90.8. The number of anilines is 3. The van der Waals surface area contributed by atoms with E-state index in [0.717, 1.165) is 34.0 Å². The van der Waals surface area contributed by atoms with Gasteiger partial charge in [-0.15, -0.1) is 0 Å². The van der Waals surface area contributed by atoms with Crippen LogP contribution in [0.25, 0.3) is 98.8 Å². The van der Waals surface area contributed by atoms with Crippen LogP contribution in [0.4, 0.5) is 17.1 Å². The summed E-state index contributed by atoms with van der Waals surface area (Å²) >= 11 is 0. The van der Waals surface area contributed by atoms with E-state index in [-0.39, 0.29) is 0 Å². The normalized spacial score (nSPS) is 11.7. The highest BCUT2D eigenvalue weighted by atomic mass is 15.2. The Bertz CT molecular complexity index is 3910. The van der Waals surface area contributed by atoms with E-state index in [1.54, 1.807) is 0 Å². The minimum atomic E-state index is 1.07. The van der Waals surface area contributed by atoms with E-state index in [1.165, 1.54) is 81.9 Å². The maximum absolute atomic E-state index is 2.47. The van der Waals surface area contributed by atoms with Crippen LogP contribution in [0.3, 0.4) is 0 Å². The molecule has 304 valence electrons. The summed E-state index contributed by atoms with van der Waals surface area (Å²) in [6.07, 6.45) is 0. The van der Waals surface area contributed by atoms with Gasteiger partial charge in [-0.2, -0.15) is 0 Å². The van der Waals surface area contributed by atoms with Crippen molar-refractivity contribution in [2.24, 2.45) is 0 Å². The molecule has 0 saturated heterocycles. The van der Waals surface area contributed by atoms with Gasteiger partial charge in [-0.3, -0.25) is 0 Å².